The number of nitro groups is 1. The Morgan fingerprint density at radius 1 is 1.45 bits per heavy atom. The van der Waals surface area contributed by atoms with E-state index < -0.39 is 10.9 Å². The second-order valence-corrected chi connectivity index (χ2v) is 4.53. The molecule has 1 aromatic rings. The van der Waals surface area contributed by atoms with E-state index in [-0.39, 0.29) is 30.6 Å². The van der Waals surface area contributed by atoms with Crippen LogP contribution in [0.25, 0.3) is 0 Å². The number of hydrogen-bond donors (Lipinski definition) is 1. The number of carbonyl (C=O) groups is 1. The lowest BCUT2D eigenvalue weighted by atomic mass is 10.3. The van der Waals surface area contributed by atoms with Gasteiger partial charge in [0, 0.05) is 18.7 Å². The highest BCUT2D eigenvalue weighted by atomic mass is 16.6. The molecular weight excluding hydrogens is 264 g/mol. The van der Waals surface area contributed by atoms with E-state index in [1.165, 1.54) is 12.1 Å². The molecule has 1 aromatic carbocycles. The second kappa shape index (κ2) is 7.44. The predicted octanol–water partition coefficient (Wildman–Crippen LogP) is 1.77. The number of aliphatic carboxylic acids is 1. The van der Waals surface area contributed by atoms with Crippen LogP contribution >= 0.6 is 0 Å². The van der Waals surface area contributed by atoms with Gasteiger partial charge < -0.3 is 9.84 Å². The lowest BCUT2D eigenvalue weighted by Gasteiger charge is -2.24. The van der Waals surface area contributed by atoms with Crippen molar-refractivity contribution in [2.45, 2.75) is 19.9 Å². The van der Waals surface area contributed by atoms with Crippen LogP contribution in [0.3, 0.4) is 0 Å². The van der Waals surface area contributed by atoms with Gasteiger partial charge in [0.05, 0.1) is 11.5 Å². The maximum atomic E-state index is 10.8. The number of nitro benzene ring substituents is 1. The molecule has 0 aliphatic heterocycles. The average Bonchev–Trinajstić information content (AvgIpc) is 2.37. The first-order valence-corrected chi connectivity index (χ1v) is 6.24. The molecule has 1 rings (SSSR count). The minimum Gasteiger partial charge on any atom is -0.485 e. The Morgan fingerprint density at radius 3 is 2.65 bits per heavy atom. The molecule has 0 saturated carbocycles. The Bertz CT molecular complexity index is 476. The summed E-state index contributed by atoms with van der Waals surface area (Å²) in [5.74, 6) is -0.721. The number of carboxylic acid groups (broad SMARTS) is 1. The molecule has 0 unspecified atom stereocenters. The van der Waals surface area contributed by atoms with Gasteiger partial charge in [-0.3, -0.25) is 19.8 Å². The fraction of sp³-hybridized carbons (Fsp3) is 0.462. The first kappa shape index (κ1) is 15.9. The summed E-state index contributed by atoms with van der Waals surface area (Å²) in [6.45, 7) is 4.26. The van der Waals surface area contributed by atoms with Gasteiger partial charge in [0.1, 0.15) is 6.61 Å². The normalized spacial score (nSPS) is 10.8. The highest BCUT2D eigenvalue weighted by Crippen LogP contribution is 2.25. The van der Waals surface area contributed by atoms with E-state index in [0.29, 0.717) is 6.54 Å². The van der Waals surface area contributed by atoms with E-state index in [1.54, 1.807) is 17.0 Å². The molecule has 110 valence electrons. The average molecular weight is 282 g/mol. The van der Waals surface area contributed by atoms with Gasteiger partial charge in [-0.2, -0.15) is 0 Å². The topological polar surface area (TPSA) is 92.9 Å². The number of rotatable bonds is 8. The number of benzene rings is 1. The number of nitrogens with zero attached hydrogens (tertiary/aromatic N) is 2. The van der Waals surface area contributed by atoms with Crippen molar-refractivity contribution in [1.29, 1.82) is 0 Å². The molecule has 7 nitrogen and oxygen atoms in total. The molecule has 1 N–H and O–H groups in total. The van der Waals surface area contributed by atoms with Crippen molar-refractivity contribution in [3.05, 3.63) is 34.4 Å². The van der Waals surface area contributed by atoms with Crippen LogP contribution in [0.2, 0.25) is 0 Å². The summed E-state index contributed by atoms with van der Waals surface area (Å²) < 4.78 is 5.38. The van der Waals surface area contributed by atoms with Crippen molar-refractivity contribution in [1.82, 2.24) is 4.90 Å². The lowest BCUT2D eigenvalue weighted by Crippen LogP contribution is -2.38. The van der Waals surface area contributed by atoms with Crippen LogP contribution in [0.4, 0.5) is 5.69 Å². The molecule has 0 atom stereocenters. The Balaban J connectivity index is 2.59. The molecule has 0 radical (unpaired) electrons. The Kier molecular flexibility index (Phi) is 5.92. The molecule has 20 heavy (non-hydrogen) atoms. The minimum absolute atomic E-state index is 0.0560. The van der Waals surface area contributed by atoms with Crippen LogP contribution in [0.5, 0.6) is 5.75 Å². The standard InChI is InChI=1S/C13H18N2O5/c1-10(2)14(9-13(16)17)7-8-20-12-6-4-3-5-11(12)15(18)19/h3-6,10H,7-9H2,1-2H3,(H,16,17). The molecule has 0 amide bonds. The molecule has 0 bridgehead atoms. The number of carboxylic acids is 1. The van der Waals surface area contributed by atoms with Gasteiger partial charge in [-0.1, -0.05) is 12.1 Å². The molecule has 7 heteroatoms. The molecule has 0 aromatic heterocycles. The van der Waals surface area contributed by atoms with E-state index in [2.05, 4.69) is 0 Å². The summed E-state index contributed by atoms with van der Waals surface area (Å²) in [5.41, 5.74) is -0.0955. The van der Waals surface area contributed by atoms with E-state index in [4.69, 9.17) is 9.84 Å². The second-order valence-electron chi connectivity index (χ2n) is 4.53. The first-order valence-electron chi connectivity index (χ1n) is 6.24. The van der Waals surface area contributed by atoms with Crippen molar-refractivity contribution in [2.24, 2.45) is 0 Å². The van der Waals surface area contributed by atoms with Gasteiger partial charge in [-0.15, -0.1) is 0 Å². The fourth-order valence-electron chi connectivity index (χ4n) is 1.70. The molecule has 0 spiro atoms. The van der Waals surface area contributed by atoms with Crippen molar-refractivity contribution in [3.8, 4) is 5.75 Å². The summed E-state index contributed by atoms with van der Waals surface area (Å²) >= 11 is 0. The lowest BCUT2D eigenvalue weighted by molar-refractivity contribution is -0.385. The Hall–Kier alpha value is -2.15. The smallest absolute Gasteiger partial charge is 0.317 e. The Morgan fingerprint density at radius 2 is 2.10 bits per heavy atom. The molecule has 0 aliphatic carbocycles. The van der Waals surface area contributed by atoms with Gasteiger partial charge in [0.15, 0.2) is 5.75 Å². The summed E-state index contributed by atoms with van der Waals surface area (Å²) in [5, 5.41) is 19.6. The zero-order valence-electron chi connectivity index (χ0n) is 11.5. The number of para-hydroxylation sites is 2. The van der Waals surface area contributed by atoms with Crippen LogP contribution < -0.4 is 4.74 Å². The summed E-state index contributed by atoms with van der Waals surface area (Å²) in [6.07, 6.45) is 0. The number of hydrogen-bond acceptors (Lipinski definition) is 5. The maximum absolute atomic E-state index is 10.8. The molecular formula is C13H18N2O5. The largest absolute Gasteiger partial charge is 0.485 e. The first-order chi connectivity index (χ1) is 9.41. The summed E-state index contributed by atoms with van der Waals surface area (Å²) in [6, 6.07) is 6.16. The van der Waals surface area contributed by atoms with Gasteiger partial charge in [0.25, 0.3) is 0 Å². The molecule has 0 heterocycles. The zero-order chi connectivity index (χ0) is 15.1. The summed E-state index contributed by atoms with van der Waals surface area (Å²) in [7, 11) is 0. The highest BCUT2D eigenvalue weighted by Gasteiger charge is 2.16. The van der Waals surface area contributed by atoms with Gasteiger partial charge >= 0.3 is 11.7 Å². The van der Waals surface area contributed by atoms with Gasteiger partial charge in [-0.25, -0.2) is 0 Å². The van der Waals surface area contributed by atoms with Crippen molar-refractivity contribution in [2.75, 3.05) is 19.7 Å². The van der Waals surface area contributed by atoms with Crippen molar-refractivity contribution in [3.63, 3.8) is 0 Å². The van der Waals surface area contributed by atoms with Crippen LogP contribution in [-0.4, -0.2) is 46.6 Å². The zero-order valence-corrected chi connectivity index (χ0v) is 11.5. The maximum Gasteiger partial charge on any atom is 0.317 e. The van der Waals surface area contributed by atoms with E-state index >= 15 is 0 Å². The third kappa shape index (κ3) is 4.85. The third-order valence-corrected chi connectivity index (χ3v) is 2.77. The quantitative estimate of drug-likeness (QED) is 0.577. The fourth-order valence-corrected chi connectivity index (χ4v) is 1.70. The molecule has 0 saturated heterocycles. The van der Waals surface area contributed by atoms with Crippen molar-refractivity contribution >= 4 is 11.7 Å². The van der Waals surface area contributed by atoms with Crippen LogP contribution in [0.15, 0.2) is 24.3 Å². The summed E-state index contributed by atoms with van der Waals surface area (Å²) in [4.78, 5) is 22.7. The van der Waals surface area contributed by atoms with E-state index in [9.17, 15) is 14.9 Å². The molecule has 0 aliphatic rings. The van der Waals surface area contributed by atoms with Crippen LogP contribution in [0, 0.1) is 10.1 Å². The van der Waals surface area contributed by atoms with Gasteiger partial charge in [0.2, 0.25) is 0 Å². The van der Waals surface area contributed by atoms with E-state index in [0.717, 1.165) is 0 Å². The van der Waals surface area contributed by atoms with Crippen LogP contribution in [0.1, 0.15) is 13.8 Å². The third-order valence-electron chi connectivity index (χ3n) is 2.77. The predicted molar refractivity (Wildman–Crippen MR) is 72.9 cm³/mol. The van der Waals surface area contributed by atoms with E-state index in [1.807, 2.05) is 13.8 Å². The highest BCUT2D eigenvalue weighted by molar-refractivity contribution is 5.69. The van der Waals surface area contributed by atoms with Crippen molar-refractivity contribution < 1.29 is 19.6 Å². The van der Waals surface area contributed by atoms with Gasteiger partial charge in [-0.05, 0) is 19.9 Å². The monoisotopic (exact) mass is 282 g/mol. The van der Waals surface area contributed by atoms with Crippen LogP contribution in [-0.2, 0) is 4.79 Å². The number of ether oxygens (including phenoxy) is 1. The minimum atomic E-state index is -0.913. The Labute approximate surface area is 116 Å². The molecule has 0 fully saturated rings. The SMILES string of the molecule is CC(C)N(CCOc1ccccc1[N+](=O)[O-])CC(=O)O.